The first-order valence-corrected chi connectivity index (χ1v) is 6.73. The van der Waals surface area contributed by atoms with Crippen LogP contribution >= 0.6 is 34.2 Å². The second-order valence-corrected chi connectivity index (χ2v) is 4.69. The second kappa shape index (κ2) is 6.96. The number of ether oxygens (including phenoxy) is 1. The van der Waals surface area contributed by atoms with E-state index >= 15 is 0 Å². The van der Waals surface area contributed by atoms with Crippen LogP contribution in [0.2, 0.25) is 0 Å². The van der Waals surface area contributed by atoms with Crippen molar-refractivity contribution in [3.63, 3.8) is 0 Å². The smallest absolute Gasteiger partial charge is 0.339 e. The molecule has 3 nitrogen and oxygen atoms in total. The van der Waals surface area contributed by atoms with Gasteiger partial charge in [-0.2, -0.15) is 0 Å². The van der Waals surface area contributed by atoms with Gasteiger partial charge in [-0.3, -0.25) is 4.79 Å². The van der Waals surface area contributed by atoms with Gasteiger partial charge < -0.3 is 4.74 Å². The Hall–Kier alpha value is -0.620. The van der Waals surface area contributed by atoms with Crippen molar-refractivity contribution in [2.45, 2.75) is 13.3 Å². The molecule has 17 heavy (non-hydrogen) atoms. The largest absolute Gasteiger partial charge is 0.462 e. The van der Waals surface area contributed by atoms with E-state index in [0.29, 0.717) is 12.2 Å². The van der Waals surface area contributed by atoms with Crippen molar-refractivity contribution < 1.29 is 14.3 Å². The molecule has 0 aliphatic heterocycles. The lowest BCUT2D eigenvalue weighted by molar-refractivity contribution is -0.116. The number of halogens is 2. The fourth-order valence-electron chi connectivity index (χ4n) is 1.34. The number of hydrogen-bond donors (Lipinski definition) is 0. The number of carbonyl (C=O) groups is 2. The fraction of sp³-hybridized carbons (Fsp3) is 0.333. The summed E-state index contributed by atoms with van der Waals surface area (Å²) in [6, 6.07) is 5.24. The summed E-state index contributed by atoms with van der Waals surface area (Å²) < 4.78 is 5.69. The minimum Gasteiger partial charge on any atom is -0.462 e. The van der Waals surface area contributed by atoms with Crippen molar-refractivity contribution in [2.24, 2.45) is 0 Å². The zero-order valence-corrected chi connectivity index (χ0v) is 12.2. The lowest BCUT2D eigenvalue weighted by Gasteiger charge is -2.08. The van der Waals surface area contributed by atoms with E-state index in [2.05, 4.69) is 0 Å². The molecule has 0 radical (unpaired) electrons. The first-order chi connectivity index (χ1) is 8.10. The molecule has 0 fully saturated rings. The van der Waals surface area contributed by atoms with E-state index < -0.39 is 0 Å². The third-order valence-electron chi connectivity index (χ3n) is 2.11. The Morgan fingerprint density at radius 1 is 1.41 bits per heavy atom. The number of esters is 1. The summed E-state index contributed by atoms with van der Waals surface area (Å²) in [5.74, 6) is -0.442. The van der Waals surface area contributed by atoms with Gasteiger partial charge in [-0.25, -0.2) is 4.79 Å². The highest BCUT2D eigenvalue weighted by Crippen LogP contribution is 2.19. The number of ketones is 1. The molecule has 1 aromatic rings. The zero-order valence-electron chi connectivity index (χ0n) is 9.33. The Bertz CT molecular complexity index is 432. The minimum absolute atomic E-state index is 0.0142. The third-order valence-corrected chi connectivity index (χ3v) is 3.68. The van der Waals surface area contributed by atoms with E-state index in [4.69, 9.17) is 16.3 Å². The Labute approximate surface area is 119 Å². The molecule has 0 heterocycles. The van der Waals surface area contributed by atoms with E-state index in [0.717, 1.165) is 9.13 Å². The summed E-state index contributed by atoms with van der Waals surface area (Å²) in [5, 5.41) is 0. The lowest BCUT2D eigenvalue weighted by atomic mass is 10.1. The van der Waals surface area contributed by atoms with Gasteiger partial charge >= 0.3 is 5.97 Å². The van der Waals surface area contributed by atoms with Gasteiger partial charge in [-0.15, -0.1) is 11.6 Å². The van der Waals surface area contributed by atoms with Crippen LogP contribution in [-0.4, -0.2) is 24.2 Å². The average molecular weight is 367 g/mol. The zero-order chi connectivity index (χ0) is 12.8. The third kappa shape index (κ3) is 3.96. The van der Waals surface area contributed by atoms with Crippen molar-refractivity contribution in [3.05, 3.63) is 32.9 Å². The monoisotopic (exact) mass is 366 g/mol. The molecule has 5 heteroatoms. The summed E-state index contributed by atoms with van der Waals surface area (Å²) in [4.78, 5) is 22.9. The first kappa shape index (κ1) is 14.4. The molecule has 1 aromatic carbocycles. The van der Waals surface area contributed by atoms with Crippen LogP contribution in [-0.2, 0) is 16.0 Å². The Morgan fingerprint density at radius 3 is 2.71 bits per heavy atom. The van der Waals surface area contributed by atoms with E-state index in [1.165, 1.54) is 0 Å². The predicted molar refractivity (Wildman–Crippen MR) is 74.5 cm³/mol. The maximum atomic E-state index is 11.6. The van der Waals surface area contributed by atoms with Crippen LogP contribution < -0.4 is 0 Å². The SMILES string of the molecule is CCOC(=O)c1cccc(CC(=O)CCl)c1I. The van der Waals surface area contributed by atoms with Gasteiger partial charge in [0.2, 0.25) is 0 Å². The normalized spacial score (nSPS) is 10.1. The molecule has 0 aliphatic rings. The molecule has 0 aromatic heterocycles. The minimum atomic E-state index is -0.364. The van der Waals surface area contributed by atoms with Crippen molar-refractivity contribution in [3.8, 4) is 0 Å². The predicted octanol–water partition coefficient (Wildman–Crippen LogP) is 2.82. The molecule has 0 saturated heterocycles. The molecule has 0 N–H and O–H groups in total. The van der Waals surface area contributed by atoms with Crippen LogP contribution in [0.3, 0.4) is 0 Å². The summed E-state index contributed by atoms with van der Waals surface area (Å²) in [5.41, 5.74) is 1.30. The quantitative estimate of drug-likeness (QED) is 0.457. The number of carbonyl (C=O) groups excluding carboxylic acids is 2. The fourth-order valence-corrected chi connectivity index (χ4v) is 2.21. The number of rotatable bonds is 5. The van der Waals surface area contributed by atoms with E-state index in [1.807, 2.05) is 28.7 Å². The number of alkyl halides is 1. The van der Waals surface area contributed by atoms with Crippen LogP contribution in [0.5, 0.6) is 0 Å². The summed E-state index contributed by atoms with van der Waals surface area (Å²) in [6.07, 6.45) is 0.245. The van der Waals surface area contributed by atoms with E-state index in [9.17, 15) is 9.59 Å². The molecule has 0 amide bonds. The summed E-state index contributed by atoms with van der Waals surface area (Å²) >= 11 is 7.51. The standard InChI is InChI=1S/C12H12ClIO3/c1-2-17-12(16)10-5-3-4-8(11(10)14)6-9(15)7-13/h3-5H,2,6-7H2,1H3. The molecule has 92 valence electrons. The van der Waals surface area contributed by atoms with Crippen molar-refractivity contribution in [1.82, 2.24) is 0 Å². The van der Waals surface area contributed by atoms with Gasteiger partial charge in [0.25, 0.3) is 0 Å². The van der Waals surface area contributed by atoms with Crippen LogP contribution in [0.15, 0.2) is 18.2 Å². The van der Waals surface area contributed by atoms with Gasteiger partial charge in [0.05, 0.1) is 18.1 Å². The average Bonchev–Trinajstić information content (AvgIpc) is 2.32. The van der Waals surface area contributed by atoms with Gasteiger partial charge in [0, 0.05) is 9.99 Å². The number of Topliss-reactive ketones (excluding diaryl/α,β-unsaturated/α-hetero) is 1. The Balaban J connectivity index is 2.98. The topological polar surface area (TPSA) is 43.4 Å². The summed E-state index contributed by atoms with van der Waals surface area (Å²) in [7, 11) is 0. The van der Waals surface area contributed by atoms with Crippen molar-refractivity contribution in [1.29, 1.82) is 0 Å². The first-order valence-electron chi connectivity index (χ1n) is 5.12. The van der Waals surface area contributed by atoms with Gasteiger partial charge in [-0.1, -0.05) is 12.1 Å². The second-order valence-electron chi connectivity index (χ2n) is 3.35. The molecular formula is C12H12ClIO3. The Kier molecular flexibility index (Phi) is 5.91. The maximum Gasteiger partial charge on any atom is 0.339 e. The molecule has 0 unspecified atom stereocenters. The highest BCUT2D eigenvalue weighted by Gasteiger charge is 2.15. The molecule has 0 atom stereocenters. The van der Waals surface area contributed by atoms with Crippen LogP contribution in [0.1, 0.15) is 22.8 Å². The van der Waals surface area contributed by atoms with Gasteiger partial charge in [0.15, 0.2) is 5.78 Å². The molecule has 0 aliphatic carbocycles. The number of benzene rings is 1. The van der Waals surface area contributed by atoms with Crippen LogP contribution in [0.4, 0.5) is 0 Å². The summed E-state index contributed by atoms with van der Waals surface area (Å²) in [6.45, 7) is 2.09. The van der Waals surface area contributed by atoms with Crippen LogP contribution in [0.25, 0.3) is 0 Å². The Morgan fingerprint density at radius 2 is 2.12 bits per heavy atom. The molecule has 1 rings (SSSR count). The highest BCUT2D eigenvalue weighted by molar-refractivity contribution is 14.1. The van der Waals surface area contributed by atoms with Gasteiger partial charge in [0.1, 0.15) is 0 Å². The highest BCUT2D eigenvalue weighted by atomic mass is 127. The van der Waals surface area contributed by atoms with Crippen LogP contribution in [0, 0.1) is 3.57 Å². The van der Waals surface area contributed by atoms with E-state index in [1.54, 1.807) is 19.1 Å². The molecule has 0 saturated carbocycles. The lowest BCUT2D eigenvalue weighted by Crippen LogP contribution is -2.11. The molecule has 0 spiro atoms. The molecular weight excluding hydrogens is 354 g/mol. The maximum absolute atomic E-state index is 11.6. The van der Waals surface area contributed by atoms with Gasteiger partial charge in [-0.05, 0) is 41.1 Å². The van der Waals surface area contributed by atoms with Crippen molar-refractivity contribution in [2.75, 3.05) is 12.5 Å². The van der Waals surface area contributed by atoms with E-state index in [-0.39, 0.29) is 24.1 Å². The van der Waals surface area contributed by atoms with Crippen molar-refractivity contribution >= 4 is 45.9 Å². The number of hydrogen-bond acceptors (Lipinski definition) is 3. The molecule has 0 bridgehead atoms.